The van der Waals surface area contributed by atoms with Crippen LogP contribution in [-0.2, 0) is 10.3 Å². The fourth-order valence-corrected chi connectivity index (χ4v) is 8.22. The van der Waals surface area contributed by atoms with E-state index in [1.165, 1.54) is 12.8 Å². The lowest BCUT2D eigenvalue weighted by molar-refractivity contribution is -0.151. The zero-order valence-electron chi connectivity index (χ0n) is 18.6. The summed E-state index contributed by atoms with van der Waals surface area (Å²) in [6, 6.07) is 0.302. The maximum absolute atomic E-state index is 13.4. The molecule has 6 nitrogen and oxygen atoms in total. The SMILES string of the molecule is C[C@H]1[C@H](C)CCC[C@H]1Nc1cnn(C23C[C@H]4C[C@@H](CC(CC(=O)O)(C4)C2)C3)c(=O)c1Cl. The van der Waals surface area contributed by atoms with Crippen LogP contribution in [0.25, 0.3) is 0 Å². The fourth-order valence-electron chi connectivity index (χ4n) is 8.03. The number of carbonyl (C=O) groups is 1. The van der Waals surface area contributed by atoms with Gasteiger partial charge in [-0.15, -0.1) is 0 Å². The van der Waals surface area contributed by atoms with Gasteiger partial charge in [0.05, 0.1) is 23.8 Å². The molecule has 2 N–H and O–H groups in total. The average molecular weight is 448 g/mol. The first-order chi connectivity index (χ1) is 14.7. The summed E-state index contributed by atoms with van der Waals surface area (Å²) >= 11 is 6.63. The Morgan fingerprint density at radius 2 is 1.97 bits per heavy atom. The Kier molecular flexibility index (Phi) is 5.15. The van der Waals surface area contributed by atoms with E-state index in [2.05, 4.69) is 24.3 Å². The van der Waals surface area contributed by atoms with Crippen molar-refractivity contribution in [3.63, 3.8) is 0 Å². The van der Waals surface area contributed by atoms with Gasteiger partial charge >= 0.3 is 5.97 Å². The molecule has 1 aromatic rings. The normalized spacial score (nSPS) is 41.3. The molecule has 0 spiro atoms. The van der Waals surface area contributed by atoms with E-state index in [1.807, 2.05) is 0 Å². The Hall–Kier alpha value is -1.56. The van der Waals surface area contributed by atoms with Crippen LogP contribution in [-0.4, -0.2) is 26.9 Å². The molecule has 5 fully saturated rings. The minimum Gasteiger partial charge on any atom is -0.481 e. The summed E-state index contributed by atoms with van der Waals surface area (Å²) < 4.78 is 1.64. The molecule has 5 aliphatic rings. The molecular formula is C24H34ClN3O3. The van der Waals surface area contributed by atoms with Crippen LogP contribution in [0.15, 0.2) is 11.0 Å². The summed E-state index contributed by atoms with van der Waals surface area (Å²) in [6.07, 6.45) is 11.1. The molecule has 0 saturated heterocycles. The molecule has 0 unspecified atom stereocenters. The topological polar surface area (TPSA) is 84.2 Å². The van der Waals surface area contributed by atoms with Crippen molar-refractivity contribution in [2.24, 2.45) is 29.1 Å². The van der Waals surface area contributed by atoms with Gasteiger partial charge < -0.3 is 10.4 Å². The maximum atomic E-state index is 13.4. The van der Waals surface area contributed by atoms with E-state index in [1.54, 1.807) is 10.9 Å². The Morgan fingerprint density at radius 3 is 2.65 bits per heavy atom. The van der Waals surface area contributed by atoms with Crippen molar-refractivity contribution in [1.82, 2.24) is 9.78 Å². The number of nitrogens with one attached hydrogen (secondary N) is 1. The number of carboxylic acids is 1. The smallest absolute Gasteiger partial charge is 0.303 e. The van der Waals surface area contributed by atoms with Gasteiger partial charge in [0.25, 0.3) is 5.56 Å². The van der Waals surface area contributed by atoms with Crippen LogP contribution in [0.3, 0.4) is 0 Å². The van der Waals surface area contributed by atoms with Gasteiger partial charge in [-0.05, 0) is 74.0 Å². The lowest BCUT2D eigenvalue weighted by atomic mass is 9.46. The largest absolute Gasteiger partial charge is 0.481 e. The molecule has 0 amide bonds. The maximum Gasteiger partial charge on any atom is 0.303 e. The molecular weight excluding hydrogens is 414 g/mol. The second kappa shape index (κ2) is 7.50. The van der Waals surface area contributed by atoms with Crippen molar-refractivity contribution in [2.45, 2.75) is 89.6 Å². The fraction of sp³-hybridized carbons (Fsp3) is 0.792. The minimum atomic E-state index is -0.731. The van der Waals surface area contributed by atoms with E-state index in [0.717, 1.165) is 44.9 Å². The highest BCUT2D eigenvalue weighted by atomic mass is 35.5. The summed E-state index contributed by atoms with van der Waals surface area (Å²) in [6.45, 7) is 4.55. The highest BCUT2D eigenvalue weighted by Crippen LogP contribution is 2.65. The van der Waals surface area contributed by atoms with Crippen LogP contribution in [0.2, 0.25) is 5.02 Å². The Morgan fingerprint density at radius 1 is 1.26 bits per heavy atom. The summed E-state index contributed by atoms with van der Waals surface area (Å²) in [5.41, 5.74) is -0.172. The zero-order chi connectivity index (χ0) is 22.0. The van der Waals surface area contributed by atoms with Gasteiger partial charge in [0, 0.05) is 6.04 Å². The van der Waals surface area contributed by atoms with Gasteiger partial charge in [-0.1, -0.05) is 38.3 Å². The minimum absolute atomic E-state index is 0.196. The van der Waals surface area contributed by atoms with E-state index in [4.69, 9.17) is 11.6 Å². The number of anilines is 1. The monoisotopic (exact) mass is 447 g/mol. The molecule has 0 radical (unpaired) electrons. The van der Waals surface area contributed by atoms with Crippen LogP contribution in [0.1, 0.15) is 78.1 Å². The third-order valence-corrected chi connectivity index (χ3v) is 9.46. The van der Waals surface area contributed by atoms with Crippen molar-refractivity contribution in [3.8, 4) is 0 Å². The van der Waals surface area contributed by atoms with Crippen LogP contribution < -0.4 is 10.9 Å². The van der Waals surface area contributed by atoms with Crippen LogP contribution >= 0.6 is 11.6 Å². The number of aliphatic carboxylic acids is 1. The molecule has 5 aliphatic carbocycles. The van der Waals surface area contributed by atoms with Crippen molar-refractivity contribution in [1.29, 1.82) is 0 Å². The molecule has 170 valence electrons. The van der Waals surface area contributed by atoms with Gasteiger partial charge in [-0.2, -0.15) is 5.10 Å². The van der Waals surface area contributed by atoms with Gasteiger partial charge in [0.2, 0.25) is 0 Å². The van der Waals surface area contributed by atoms with Gasteiger partial charge in [-0.25, -0.2) is 4.68 Å². The predicted octanol–water partition coefficient (Wildman–Crippen LogP) is 4.90. The summed E-state index contributed by atoms with van der Waals surface area (Å²) in [5.74, 6) is 1.40. The van der Waals surface area contributed by atoms with E-state index in [-0.39, 0.29) is 28.0 Å². The number of carboxylic acid groups (broad SMARTS) is 1. The van der Waals surface area contributed by atoms with Crippen molar-refractivity contribution < 1.29 is 9.90 Å². The molecule has 1 aromatic heterocycles. The number of hydrogen-bond donors (Lipinski definition) is 2. The van der Waals surface area contributed by atoms with Gasteiger partial charge in [0.1, 0.15) is 5.02 Å². The number of aromatic nitrogens is 2. The van der Waals surface area contributed by atoms with Crippen LogP contribution in [0.5, 0.6) is 0 Å². The molecule has 31 heavy (non-hydrogen) atoms. The molecule has 5 atom stereocenters. The highest BCUT2D eigenvalue weighted by Gasteiger charge is 2.59. The molecule has 4 bridgehead atoms. The summed E-state index contributed by atoms with van der Waals surface area (Å²) in [7, 11) is 0. The Bertz CT molecular complexity index is 930. The van der Waals surface area contributed by atoms with E-state index < -0.39 is 5.97 Å². The van der Waals surface area contributed by atoms with E-state index >= 15 is 0 Å². The molecule has 0 aromatic carbocycles. The second-order valence-electron chi connectivity index (χ2n) is 11.4. The third kappa shape index (κ3) is 3.59. The predicted molar refractivity (Wildman–Crippen MR) is 120 cm³/mol. The zero-order valence-corrected chi connectivity index (χ0v) is 19.3. The highest BCUT2D eigenvalue weighted by molar-refractivity contribution is 6.32. The summed E-state index contributed by atoms with van der Waals surface area (Å²) in [4.78, 5) is 25.0. The van der Waals surface area contributed by atoms with E-state index in [9.17, 15) is 14.7 Å². The second-order valence-corrected chi connectivity index (χ2v) is 11.7. The van der Waals surface area contributed by atoms with Crippen LogP contribution in [0, 0.1) is 29.1 Å². The number of hydrogen-bond acceptors (Lipinski definition) is 4. The number of nitrogens with zero attached hydrogens (tertiary/aromatic N) is 2. The van der Waals surface area contributed by atoms with Crippen LogP contribution in [0.4, 0.5) is 5.69 Å². The average Bonchev–Trinajstić information content (AvgIpc) is 2.66. The first kappa shape index (κ1) is 21.3. The van der Waals surface area contributed by atoms with E-state index in [0.29, 0.717) is 35.4 Å². The third-order valence-electron chi connectivity index (χ3n) is 9.09. The van der Waals surface area contributed by atoms with Gasteiger partial charge in [-0.3, -0.25) is 9.59 Å². The first-order valence-electron chi connectivity index (χ1n) is 12.0. The quantitative estimate of drug-likeness (QED) is 0.670. The number of halogens is 1. The van der Waals surface area contributed by atoms with Crippen molar-refractivity contribution >= 4 is 23.3 Å². The molecule has 6 rings (SSSR count). The van der Waals surface area contributed by atoms with Crippen molar-refractivity contribution in [2.75, 3.05) is 5.32 Å². The molecule has 0 aliphatic heterocycles. The Labute approximate surface area is 188 Å². The van der Waals surface area contributed by atoms with Crippen molar-refractivity contribution in [3.05, 3.63) is 21.6 Å². The molecule has 1 heterocycles. The Balaban J connectivity index is 1.45. The van der Waals surface area contributed by atoms with Gasteiger partial charge in [0.15, 0.2) is 0 Å². The lowest BCUT2D eigenvalue weighted by Crippen LogP contribution is -2.59. The standard InChI is InChI=1S/C24H34ClN3O3/c1-14-4-3-5-18(15(14)2)27-19-12-26-28(22(31)21(19)25)24-9-16-6-17(10-24)8-23(7-16,13-24)11-20(29)30/h12,14-18,27H,3-11,13H2,1-2H3,(H,29,30)/t14-,15+,16+,17+,18-,23?,24?/m1/s1. The molecule has 7 heteroatoms. The summed E-state index contributed by atoms with van der Waals surface area (Å²) in [5, 5.41) is 17.9. The first-order valence-corrected chi connectivity index (χ1v) is 12.3. The molecule has 5 saturated carbocycles. The lowest BCUT2D eigenvalue weighted by Gasteiger charge is -2.61. The number of rotatable bonds is 5.